The molecule has 1 amide bonds. The number of aliphatic hydroxyl groups is 2. The van der Waals surface area contributed by atoms with Gasteiger partial charge in [-0.05, 0) is 53.8 Å². The lowest BCUT2D eigenvalue weighted by atomic mass is 9.91. The molecule has 5 aromatic rings. The molecule has 3 aromatic carbocycles. The van der Waals surface area contributed by atoms with E-state index in [1.807, 2.05) is 59.5 Å². The third-order valence-corrected chi connectivity index (χ3v) is 9.51. The van der Waals surface area contributed by atoms with Crippen molar-refractivity contribution in [1.29, 1.82) is 0 Å². The molecule has 1 aliphatic heterocycles. The van der Waals surface area contributed by atoms with E-state index in [1.54, 1.807) is 35.2 Å². The number of ether oxygens (including phenoxy) is 1. The molecule has 0 unspecified atom stereocenters. The zero-order valence-corrected chi connectivity index (χ0v) is 27.2. The second kappa shape index (κ2) is 14.2. The Morgan fingerprint density at radius 2 is 1.62 bits per heavy atom. The Hall–Kier alpha value is -5.44. The Bertz CT molecular complexity index is 1880. The van der Waals surface area contributed by atoms with Gasteiger partial charge in [0.05, 0.1) is 18.4 Å². The predicted molar refractivity (Wildman–Crippen MR) is 186 cm³/mol. The minimum Gasteiger partial charge on any atom is -0.508 e. The summed E-state index contributed by atoms with van der Waals surface area (Å²) in [5.74, 6) is 1.05. The van der Waals surface area contributed by atoms with Gasteiger partial charge in [0.2, 0.25) is 5.95 Å². The first-order chi connectivity index (χ1) is 24.2. The van der Waals surface area contributed by atoms with E-state index in [2.05, 4.69) is 15.6 Å². The molecule has 50 heavy (non-hydrogen) atoms. The number of alkyl carbamates (subject to hydrolysis) is 1. The number of nitrogens with one attached hydrogen (secondary N) is 2. The summed E-state index contributed by atoms with van der Waals surface area (Å²) in [4.78, 5) is 29.1. The number of nitrogens with two attached hydrogens (primary N) is 1. The average molecular weight is 681 g/mol. The second-order valence-corrected chi connectivity index (χ2v) is 12.9. The van der Waals surface area contributed by atoms with Gasteiger partial charge in [0.15, 0.2) is 17.0 Å². The number of nitrogens with zero attached hydrogens (tertiary/aromatic N) is 5. The van der Waals surface area contributed by atoms with Gasteiger partial charge in [-0.15, -0.1) is 0 Å². The molecule has 1 aliphatic carbocycles. The Morgan fingerprint density at radius 3 is 2.26 bits per heavy atom. The lowest BCUT2D eigenvalue weighted by Gasteiger charge is -2.22. The number of aromatic hydroxyl groups is 2. The molecule has 14 heteroatoms. The molecule has 0 bridgehead atoms. The van der Waals surface area contributed by atoms with E-state index in [4.69, 9.17) is 20.4 Å². The highest BCUT2D eigenvalue weighted by Crippen LogP contribution is 2.36. The van der Waals surface area contributed by atoms with E-state index in [-0.39, 0.29) is 36.5 Å². The molecule has 14 nitrogen and oxygen atoms in total. The summed E-state index contributed by atoms with van der Waals surface area (Å²) in [6, 6.07) is 21.8. The number of fused-ring (bicyclic) bond motifs is 1. The fourth-order valence-electron chi connectivity index (χ4n) is 6.76. The fourth-order valence-corrected chi connectivity index (χ4v) is 6.76. The Balaban J connectivity index is 1.16. The van der Waals surface area contributed by atoms with E-state index in [0.717, 1.165) is 23.1 Å². The molecule has 260 valence electrons. The summed E-state index contributed by atoms with van der Waals surface area (Å²) in [5, 5.41) is 48.3. The largest absolute Gasteiger partial charge is 0.508 e. The van der Waals surface area contributed by atoms with Crippen LogP contribution < -0.4 is 21.3 Å². The number of rotatable bonds is 10. The topological polar surface area (TPSA) is 204 Å². The minimum atomic E-state index is -1.26. The summed E-state index contributed by atoms with van der Waals surface area (Å²) in [6.07, 6.45) is -0.621. The second-order valence-electron chi connectivity index (χ2n) is 12.9. The van der Waals surface area contributed by atoms with Crippen LogP contribution in [-0.2, 0) is 11.3 Å². The smallest absolute Gasteiger partial charge is 0.407 e. The van der Waals surface area contributed by atoms with Gasteiger partial charge in [-0.3, -0.25) is 0 Å². The maximum atomic E-state index is 12.6. The van der Waals surface area contributed by atoms with E-state index in [0.29, 0.717) is 42.6 Å². The van der Waals surface area contributed by atoms with Crippen molar-refractivity contribution in [2.24, 2.45) is 5.73 Å². The van der Waals surface area contributed by atoms with Crippen LogP contribution in [0.25, 0.3) is 11.2 Å². The number of carbonyl (C=O) groups is 1. The lowest BCUT2D eigenvalue weighted by molar-refractivity contribution is 0.0136. The molecule has 3 heterocycles. The van der Waals surface area contributed by atoms with Crippen LogP contribution in [0, 0.1) is 0 Å². The summed E-state index contributed by atoms with van der Waals surface area (Å²) in [6.45, 7) is 1.70. The molecule has 0 radical (unpaired) electrons. The molecule has 7 rings (SSSR count). The van der Waals surface area contributed by atoms with Crippen molar-refractivity contribution in [1.82, 2.24) is 24.8 Å². The molecule has 2 aromatic heterocycles. The zero-order valence-electron chi connectivity index (χ0n) is 27.2. The van der Waals surface area contributed by atoms with Crippen molar-refractivity contribution in [3.05, 3.63) is 102 Å². The summed E-state index contributed by atoms with van der Waals surface area (Å²) in [7, 11) is 0. The van der Waals surface area contributed by atoms with Gasteiger partial charge in [0.25, 0.3) is 0 Å². The lowest BCUT2D eigenvalue weighted by Crippen LogP contribution is -2.43. The first kappa shape index (κ1) is 33.1. The Labute approximate surface area is 288 Å². The number of benzene rings is 3. The van der Waals surface area contributed by atoms with Crippen molar-refractivity contribution in [2.45, 2.75) is 55.7 Å². The molecule has 0 spiro atoms. The number of anilines is 2. The van der Waals surface area contributed by atoms with Gasteiger partial charge in [0.1, 0.15) is 30.3 Å². The highest BCUT2D eigenvalue weighted by molar-refractivity contribution is 5.84. The number of hydrogen-bond donors (Lipinski definition) is 7. The number of phenolic OH excluding ortho intramolecular Hbond substituents is 2. The number of aromatic nitrogens is 4. The zero-order chi connectivity index (χ0) is 34.8. The molecular formula is C36H40N8O6. The van der Waals surface area contributed by atoms with Crippen molar-refractivity contribution in [3.8, 4) is 11.5 Å². The molecule has 2 aliphatic rings. The number of amides is 1. The summed E-state index contributed by atoms with van der Waals surface area (Å²) < 4.78 is 7.08. The van der Waals surface area contributed by atoms with Crippen molar-refractivity contribution in [3.63, 3.8) is 0 Å². The van der Waals surface area contributed by atoms with Gasteiger partial charge in [-0.1, -0.05) is 54.6 Å². The maximum Gasteiger partial charge on any atom is 0.407 e. The van der Waals surface area contributed by atoms with Gasteiger partial charge in [0, 0.05) is 31.6 Å². The van der Waals surface area contributed by atoms with Crippen molar-refractivity contribution < 1.29 is 30.0 Å². The minimum absolute atomic E-state index is 0.0238. The van der Waals surface area contributed by atoms with Gasteiger partial charge in [-0.25, -0.2) is 9.78 Å². The maximum absolute atomic E-state index is 12.6. The number of hydrogen-bond acceptors (Lipinski definition) is 12. The molecule has 1 saturated carbocycles. The van der Waals surface area contributed by atoms with E-state index < -0.39 is 30.4 Å². The number of imidazole rings is 1. The highest BCUT2D eigenvalue weighted by Gasteiger charge is 2.44. The first-order valence-electron chi connectivity index (χ1n) is 16.6. The molecular weight excluding hydrogens is 640 g/mol. The van der Waals surface area contributed by atoms with Crippen LogP contribution in [-0.4, -0.2) is 90.0 Å². The molecule has 2 fully saturated rings. The Morgan fingerprint density at radius 1 is 0.940 bits per heavy atom. The normalized spacial score (nSPS) is 21.9. The number of phenols is 2. The SMILES string of the molecule is N[C@@H]1CCN(c2nc(NCC(c3ccc(O)cc3)c3ccc(O)cc3)c3ncn([C@@H]4C[C@H](NC(=O)OCc5ccccc5)[C@@H](O)[C@H]4O)c3n2)C1. The standard InChI is InChI=1S/C36H40N8O6/c37-24-14-15-43(18-24)35-41-33(38-17-27(22-6-10-25(45)11-7-22)23-8-12-26(46)13-9-23)30-34(42-35)44(20-39-30)29-16-28(31(47)32(29)48)40-36(49)50-19-21-4-2-1-3-5-21/h1-13,20,24,27-29,31-32,45-48H,14-19,37H2,(H,40,49)(H,38,41,42)/t24-,28+,29-,31-,32+/m1/s1. The van der Waals surface area contributed by atoms with Crippen molar-refractivity contribution in [2.75, 3.05) is 29.9 Å². The fraction of sp³-hybridized carbons (Fsp3) is 0.333. The van der Waals surface area contributed by atoms with Gasteiger partial charge in [-0.2, -0.15) is 9.97 Å². The van der Waals surface area contributed by atoms with E-state index >= 15 is 0 Å². The van der Waals surface area contributed by atoms with Crippen LogP contribution in [0.15, 0.2) is 85.2 Å². The first-order valence-corrected chi connectivity index (χ1v) is 16.6. The third-order valence-electron chi connectivity index (χ3n) is 9.51. The molecule has 8 N–H and O–H groups in total. The summed E-state index contributed by atoms with van der Waals surface area (Å²) >= 11 is 0. The van der Waals surface area contributed by atoms with Crippen LogP contribution in [0.3, 0.4) is 0 Å². The quantitative estimate of drug-likeness (QED) is 0.114. The molecule has 5 atom stereocenters. The highest BCUT2D eigenvalue weighted by atomic mass is 16.5. The van der Waals surface area contributed by atoms with Crippen LogP contribution in [0.1, 0.15) is 41.5 Å². The molecule has 1 saturated heterocycles. The average Bonchev–Trinajstić information content (AvgIpc) is 3.83. The third kappa shape index (κ3) is 6.99. The van der Waals surface area contributed by atoms with E-state index in [1.165, 1.54) is 0 Å². The van der Waals surface area contributed by atoms with Crippen LogP contribution >= 0.6 is 0 Å². The monoisotopic (exact) mass is 680 g/mol. The van der Waals surface area contributed by atoms with E-state index in [9.17, 15) is 25.2 Å². The number of carbonyl (C=O) groups excluding carboxylic acids is 1. The van der Waals surface area contributed by atoms with Gasteiger partial charge < -0.3 is 51.0 Å². The van der Waals surface area contributed by atoms with Crippen molar-refractivity contribution >= 4 is 29.0 Å². The predicted octanol–water partition coefficient (Wildman–Crippen LogP) is 2.98. The summed E-state index contributed by atoms with van der Waals surface area (Å²) in [5.41, 5.74) is 9.86. The van der Waals surface area contributed by atoms with Crippen LogP contribution in [0.5, 0.6) is 11.5 Å². The number of aliphatic hydroxyl groups excluding tert-OH is 2. The van der Waals surface area contributed by atoms with Gasteiger partial charge >= 0.3 is 6.09 Å². The Kier molecular flexibility index (Phi) is 9.39. The van der Waals surface area contributed by atoms with Crippen LogP contribution in [0.2, 0.25) is 0 Å². The van der Waals surface area contributed by atoms with Crippen LogP contribution in [0.4, 0.5) is 16.6 Å².